The van der Waals surface area contributed by atoms with Crippen molar-refractivity contribution in [2.24, 2.45) is 5.41 Å². The molecule has 0 saturated carbocycles. The Morgan fingerprint density at radius 3 is 1.14 bits per heavy atom. The monoisotopic (exact) mass is 602 g/mol. The van der Waals surface area contributed by atoms with Gasteiger partial charge in [0.2, 0.25) is 0 Å². The molecule has 242 valence electrons. The van der Waals surface area contributed by atoms with Crippen molar-refractivity contribution < 1.29 is 57.0 Å². The molecule has 6 atom stereocenters. The van der Waals surface area contributed by atoms with Gasteiger partial charge >= 0.3 is 17.9 Å². The van der Waals surface area contributed by atoms with E-state index in [1.807, 2.05) is 27.7 Å². The SMILES string of the molecule is CCC(COC(=O)CC1(C)OCCC(C)O1)(COC(=O)CC1(C)OCCC(C)O1)COC(=O)CC1(C)OCCC(C)O1. The van der Waals surface area contributed by atoms with E-state index in [9.17, 15) is 14.4 Å². The maximum absolute atomic E-state index is 12.9. The topological polar surface area (TPSA) is 134 Å². The van der Waals surface area contributed by atoms with Crippen molar-refractivity contribution in [1.82, 2.24) is 0 Å². The van der Waals surface area contributed by atoms with E-state index in [1.165, 1.54) is 0 Å². The molecule has 3 rings (SSSR count). The Morgan fingerprint density at radius 1 is 0.619 bits per heavy atom. The average molecular weight is 603 g/mol. The Labute approximate surface area is 249 Å². The Kier molecular flexibility index (Phi) is 12.2. The first-order valence-electron chi connectivity index (χ1n) is 15.1. The minimum atomic E-state index is -1.10. The second kappa shape index (κ2) is 14.8. The van der Waals surface area contributed by atoms with Crippen molar-refractivity contribution >= 4 is 17.9 Å². The standard InChI is InChI=1S/C30H50O12/c1-8-30(18-34-24(31)15-27(5)37-12-9-21(2)40-27,19-35-25(32)16-28(6)38-13-10-22(3)41-28)20-36-26(33)17-29(7)39-14-11-23(4)42-29/h21-23H,8-20H2,1-7H3. The van der Waals surface area contributed by atoms with Crippen LogP contribution in [0, 0.1) is 5.41 Å². The normalized spacial score (nSPS) is 35.1. The van der Waals surface area contributed by atoms with Gasteiger partial charge in [-0.1, -0.05) is 6.92 Å². The van der Waals surface area contributed by atoms with Gasteiger partial charge in [0.1, 0.15) is 19.8 Å². The van der Waals surface area contributed by atoms with Crippen LogP contribution in [0.25, 0.3) is 0 Å². The summed E-state index contributed by atoms with van der Waals surface area (Å²) in [5.74, 6) is -4.92. The van der Waals surface area contributed by atoms with Crippen molar-refractivity contribution in [3.05, 3.63) is 0 Å². The van der Waals surface area contributed by atoms with Crippen molar-refractivity contribution in [3.8, 4) is 0 Å². The van der Waals surface area contributed by atoms with Gasteiger partial charge in [0.25, 0.3) is 0 Å². The molecule has 0 spiro atoms. The summed E-state index contributed by atoms with van der Waals surface area (Å²) in [5, 5.41) is 0. The van der Waals surface area contributed by atoms with Gasteiger partial charge < -0.3 is 42.6 Å². The van der Waals surface area contributed by atoms with Gasteiger partial charge in [-0.3, -0.25) is 14.4 Å². The van der Waals surface area contributed by atoms with Crippen LogP contribution >= 0.6 is 0 Å². The number of ether oxygens (including phenoxy) is 9. The summed E-state index contributed by atoms with van der Waals surface area (Å²) >= 11 is 0. The maximum atomic E-state index is 12.9. The smallest absolute Gasteiger partial charge is 0.311 e. The molecule has 0 radical (unpaired) electrons. The van der Waals surface area contributed by atoms with E-state index in [-0.39, 0.29) is 57.4 Å². The highest BCUT2D eigenvalue weighted by Crippen LogP contribution is 2.31. The number of esters is 3. The van der Waals surface area contributed by atoms with Crippen molar-refractivity contribution in [2.45, 2.75) is 129 Å². The molecule has 0 amide bonds. The molecule has 0 aromatic carbocycles. The molecule has 0 aromatic heterocycles. The first kappa shape index (κ1) is 34.7. The van der Waals surface area contributed by atoms with E-state index >= 15 is 0 Å². The minimum Gasteiger partial charge on any atom is -0.465 e. The van der Waals surface area contributed by atoms with Crippen LogP contribution in [-0.2, 0) is 57.0 Å². The van der Waals surface area contributed by atoms with Crippen LogP contribution in [0.3, 0.4) is 0 Å². The molecule has 0 N–H and O–H groups in total. The highest BCUT2D eigenvalue weighted by Gasteiger charge is 2.41. The molecular formula is C30H50O12. The fourth-order valence-electron chi connectivity index (χ4n) is 5.23. The molecule has 12 nitrogen and oxygen atoms in total. The highest BCUT2D eigenvalue weighted by atomic mass is 16.7. The van der Waals surface area contributed by atoms with Crippen LogP contribution in [0.1, 0.15) is 93.4 Å². The highest BCUT2D eigenvalue weighted by molar-refractivity contribution is 5.71. The third-order valence-electron chi connectivity index (χ3n) is 7.91. The van der Waals surface area contributed by atoms with E-state index in [1.54, 1.807) is 20.8 Å². The predicted molar refractivity (Wildman–Crippen MR) is 148 cm³/mol. The second-order valence-electron chi connectivity index (χ2n) is 12.5. The van der Waals surface area contributed by atoms with E-state index < -0.39 is 40.7 Å². The lowest BCUT2D eigenvalue weighted by atomic mass is 9.88. The van der Waals surface area contributed by atoms with Gasteiger partial charge in [0.05, 0.1) is 62.8 Å². The van der Waals surface area contributed by atoms with Gasteiger partial charge in [0.15, 0.2) is 17.4 Å². The molecule has 6 unspecified atom stereocenters. The second-order valence-corrected chi connectivity index (χ2v) is 12.5. The van der Waals surface area contributed by atoms with Crippen LogP contribution in [0.15, 0.2) is 0 Å². The lowest BCUT2D eigenvalue weighted by Gasteiger charge is -2.38. The maximum Gasteiger partial charge on any atom is 0.311 e. The summed E-state index contributed by atoms with van der Waals surface area (Å²) in [6, 6.07) is 0. The van der Waals surface area contributed by atoms with Gasteiger partial charge in [-0.15, -0.1) is 0 Å². The van der Waals surface area contributed by atoms with Crippen molar-refractivity contribution in [3.63, 3.8) is 0 Å². The third-order valence-corrected chi connectivity index (χ3v) is 7.91. The van der Waals surface area contributed by atoms with Crippen LogP contribution in [0.5, 0.6) is 0 Å². The van der Waals surface area contributed by atoms with E-state index in [0.717, 1.165) is 19.3 Å². The van der Waals surface area contributed by atoms with Crippen LogP contribution in [0.2, 0.25) is 0 Å². The fraction of sp³-hybridized carbons (Fsp3) is 0.900. The lowest BCUT2D eigenvalue weighted by Crippen LogP contribution is -2.45. The van der Waals surface area contributed by atoms with Crippen LogP contribution < -0.4 is 0 Å². The molecule has 0 bridgehead atoms. The molecule has 3 aliphatic rings. The van der Waals surface area contributed by atoms with Crippen LogP contribution in [-0.4, -0.2) is 93.2 Å². The summed E-state index contributed by atoms with van der Waals surface area (Å²) in [6.45, 7) is 13.7. The molecule has 3 saturated heterocycles. The zero-order chi connectivity index (χ0) is 31.0. The van der Waals surface area contributed by atoms with Gasteiger partial charge in [-0.2, -0.15) is 0 Å². The number of hydrogen-bond donors (Lipinski definition) is 0. The van der Waals surface area contributed by atoms with Crippen molar-refractivity contribution in [1.29, 1.82) is 0 Å². The first-order chi connectivity index (χ1) is 19.7. The average Bonchev–Trinajstić information content (AvgIpc) is 2.87. The summed E-state index contributed by atoms with van der Waals surface area (Å²) in [5.41, 5.74) is -1.01. The molecule has 0 aromatic rings. The summed E-state index contributed by atoms with van der Waals surface area (Å²) in [6.07, 6.45) is 2.10. The molecule has 0 aliphatic carbocycles. The Hall–Kier alpha value is -1.83. The zero-order valence-electron chi connectivity index (χ0n) is 26.3. The molecular weight excluding hydrogens is 552 g/mol. The van der Waals surface area contributed by atoms with Crippen LogP contribution in [0.4, 0.5) is 0 Å². The van der Waals surface area contributed by atoms with Gasteiger partial charge in [-0.25, -0.2) is 0 Å². The van der Waals surface area contributed by atoms with Gasteiger partial charge in [0, 0.05) is 0 Å². The zero-order valence-corrected chi connectivity index (χ0v) is 26.3. The molecule has 42 heavy (non-hydrogen) atoms. The van der Waals surface area contributed by atoms with E-state index in [0.29, 0.717) is 26.2 Å². The number of carbonyl (C=O) groups excluding carboxylic acids is 3. The summed E-state index contributed by atoms with van der Waals surface area (Å²) in [7, 11) is 0. The van der Waals surface area contributed by atoms with Crippen molar-refractivity contribution in [2.75, 3.05) is 39.6 Å². The third kappa shape index (κ3) is 10.7. The number of rotatable bonds is 13. The lowest BCUT2D eigenvalue weighted by molar-refractivity contribution is -0.282. The number of carbonyl (C=O) groups is 3. The Bertz CT molecular complexity index is 814. The quantitative estimate of drug-likeness (QED) is 0.224. The minimum absolute atomic E-state index is 0.0472. The Morgan fingerprint density at radius 2 is 0.905 bits per heavy atom. The predicted octanol–water partition coefficient (Wildman–Crippen LogP) is 3.81. The fourth-order valence-corrected chi connectivity index (χ4v) is 5.23. The first-order valence-corrected chi connectivity index (χ1v) is 15.1. The number of hydrogen-bond acceptors (Lipinski definition) is 12. The summed E-state index contributed by atoms with van der Waals surface area (Å²) in [4.78, 5) is 38.6. The Balaban J connectivity index is 1.63. The summed E-state index contributed by atoms with van der Waals surface area (Å²) < 4.78 is 51.5. The van der Waals surface area contributed by atoms with E-state index in [4.69, 9.17) is 42.6 Å². The molecule has 12 heteroatoms. The van der Waals surface area contributed by atoms with E-state index in [2.05, 4.69) is 0 Å². The molecule has 3 aliphatic heterocycles. The largest absolute Gasteiger partial charge is 0.465 e. The molecule has 3 heterocycles. The van der Waals surface area contributed by atoms with Gasteiger partial charge in [-0.05, 0) is 67.2 Å². The molecule has 3 fully saturated rings.